The van der Waals surface area contributed by atoms with Gasteiger partial charge in [-0.05, 0) is 47.9 Å². The van der Waals surface area contributed by atoms with Gasteiger partial charge >= 0.3 is 0 Å². The van der Waals surface area contributed by atoms with Crippen molar-refractivity contribution in [2.45, 2.75) is 0 Å². The molecule has 2 amide bonds. The van der Waals surface area contributed by atoms with E-state index in [1.165, 1.54) is 6.08 Å². The summed E-state index contributed by atoms with van der Waals surface area (Å²) in [5.74, 6) is -0.501. The lowest BCUT2D eigenvalue weighted by molar-refractivity contribution is -0.111. The zero-order chi connectivity index (χ0) is 21.6. The maximum Gasteiger partial charge on any atom is 0.251 e. The van der Waals surface area contributed by atoms with Crippen molar-refractivity contribution in [3.8, 4) is 16.3 Å². The third kappa shape index (κ3) is 4.79. The summed E-state index contributed by atoms with van der Waals surface area (Å²) in [4.78, 5) is 25.3. The summed E-state index contributed by atoms with van der Waals surface area (Å²) < 4.78 is 1.81. The lowest BCUT2D eigenvalue weighted by Gasteiger charge is -2.05. The maximum absolute atomic E-state index is 12.5. The molecular weight excluding hydrogens is 408 g/mol. The standard InChI is InChI=1S/C24H20N4O2S/c1-25-24(30)17-7-5-8-19(15-17)26-22(29)13-12-18-16-28(20-9-3-2-4-10-20)27-23(18)21-11-6-14-31-21/h2-16H,1H3,(H,25,30)(H,26,29)/b13-12+. The van der Waals surface area contributed by atoms with Crippen LogP contribution in [0, 0.1) is 0 Å². The van der Waals surface area contributed by atoms with Crippen LogP contribution in [0.4, 0.5) is 5.69 Å². The largest absolute Gasteiger partial charge is 0.355 e. The van der Waals surface area contributed by atoms with E-state index < -0.39 is 0 Å². The molecule has 0 aliphatic rings. The number of carbonyl (C=O) groups excluding carboxylic acids is 2. The molecule has 0 aliphatic carbocycles. The number of anilines is 1. The van der Waals surface area contributed by atoms with Crippen molar-refractivity contribution < 1.29 is 9.59 Å². The minimum absolute atomic E-state index is 0.208. The summed E-state index contributed by atoms with van der Waals surface area (Å²) in [6, 6.07) is 20.6. The normalized spacial score (nSPS) is 10.9. The van der Waals surface area contributed by atoms with Crippen molar-refractivity contribution in [2.75, 3.05) is 12.4 Å². The first-order valence-corrected chi connectivity index (χ1v) is 10.5. The van der Waals surface area contributed by atoms with Crippen LogP contribution in [0.1, 0.15) is 15.9 Å². The van der Waals surface area contributed by atoms with Crippen LogP contribution in [0.15, 0.2) is 84.4 Å². The molecule has 7 heteroatoms. The third-order valence-corrected chi connectivity index (χ3v) is 5.43. The van der Waals surface area contributed by atoms with Gasteiger partial charge in [-0.1, -0.05) is 30.3 Å². The van der Waals surface area contributed by atoms with Crippen molar-refractivity contribution in [2.24, 2.45) is 0 Å². The summed E-state index contributed by atoms with van der Waals surface area (Å²) in [6.07, 6.45) is 5.12. The van der Waals surface area contributed by atoms with Gasteiger partial charge in [0.05, 0.1) is 10.6 Å². The molecule has 0 aliphatic heterocycles. The Kier molecular flexibility index (Phi) is 6.05. The van der Waals surface area contributed by atoms with E-state index in [-0.39, 0.29) is 11.8 Å². The minimum atomic E-state index is -0.293. The zero-order valence-electron chi connectivity index (χ0n) is 16.8. The Morgan fingerprint density at radius 3 is 2.61 bits per heavy atom. The van der Waals surface area contributed by atoms with Crippen molar-refractivity contribution in [3.05, 3.63) is 95.5 Å². The quantitative estimate of drug-likeness (QED) is 0.440. The molecule has 0 bridgehead atoms. The average Bonchev–Trinajstić information content (AvgIpc) is 3.48. The Hall–Kier alpha value is -3.97. The highest BCUT2D eigenvalue weighted by Crippen LogP contribution is 2.28. The molecule has 154 valence electrons. The summed E-state index contributed by atoms with van der Waals surface area (Å²) >= 11 is 1.59. The monoisotopic (exact) mass is 428 g/mol. The van der Waals surface area contributed by atoms with Gasteiger partial charge in [0.15, 0.2) is 0 Å². The van der Waals surface area contributed by atoms with E-state index in [9.17, 15) is 9.59 Å². The highest BCUT2D eigenvalue weighted by Gasteiger charge is 2.12. The Morgan fingerprint density at radius 2 is 1.87 bits per heavy atom. The second-order valence-electron chi connectivity index (χ2n) is 6.67. The number of benzene rings is 2. The Labute approximate surface area is 183 Å². The summed E-state index contributed by atoms with van der Waals surface area (Å²) in [5, 5.41) is 12.1. The Bertz CT molecular complexity index is 1230. The lowest BCUT2D eigenvalue weighted by Crippen LogP contribution is -2.18. The molecule has 0 radical (unpaired) electrons. The van der Waals surface area contributed by atoms with Crippen LogP contribution >= 0.6 is 11.3 Å². The molecule has 4 rings (SSSR count). The van der Waals surface area contributed by atoms with Gasteiger partial charge in [-0.25, -0.2) is 4.68 Å². The minimum Gasteiger partial charge on any atom is -0.355 e. The van der Waals surface area contributed by atoms with Crippen LogP contribution < -0.4 is 10.6 Å². The van der Waals surface area contributed by atoms with E-state index in [2.05, 4.69) is 10.6 Å². The van der Waals surface area contributed by atoms with E-state index in [1.807, 2.05) is 54.0 Å². The van der Waals surface area contributed by atoms with E-state index >= 15 is 0 Å². The Balaban J connectivity index is 1.57. The van der Waals surface area contributed by atoms with Crippen LogP contribution in [-0.2, 0) is 4.79 Å². The van der Waals surface area contributed by atoms with Crippen molar-refractivity contribution >= 4 is 34.9 Å². The van der Waals surface area contributed by atoms with Gasteiger partial charge in [0.2, 0.25) is 5.91 Å². The Morgan fingerprint density at radius 1 is 1.03 bits per heavy atom. The van der Waals surface area contributed by atoms with Gasteiger partial charge < -0.3 is 10.6 Å². The van der Waals surface area contributed by atoms with E-state index in [0.717, 1.165) is 21.8 Å². The van der Waals surface area contributed by atoms with Crippen LogP contribution in [0.25, 0.3) is 22.3 Å². The second kappa shape index (κ2) is 9.23. The molecule has 0 spiro atoms. The van der Waals surface area contributed by atoms with Crippen LogP contribution in [0.5, 0.6) is 0 Å². The molecule has 2 N–H and O–H groups in total. The molecule has 0 saturated heterocycles. The average molecular weight is 429 g/mol. The third-order valence-electron chi connectivity index (χ3n) is 4.55. The first-order valence-electron chi connectivity index (χ1n) is 9.64. The first-order chi connectivity index (χ1) is 15.1. The van der Waals surface area contributed by atoms with Crippen LogP contribution in [0.3, 0.4) is 0 Å². The number of hydrogen-bond acceptors (Lipinski definition) is 4. The van der Waals surface area contributed by atoms with Crippen molar-refractivity contribution in [1.29, 1.82) is 0 Å². The van der Waals surface area contributed by atoms with Gasteiger partial charge in [-0.3, -0.25) is 9.59 Å². The zero-order valence-corrected chi connectivity index (χ0v) is 17.6. The van der Waals surface area contributed by atoms with Gasteiger partial charge in [-0.15, -0.1) is 11.3 Å². The van der Waals surface area contributed by atoms with Gasteiger partial charge in [0.25, 0.3) is 5.91 Å². The second-order valence-corrected chi connectivity index (χ2v) is 7.62. The van der Waals surface area contributed by atoms with Crippen molar-refractivity contribution in [1.82, 2.24) is 15.1 Å². The number of rotatable bonds is 6. The number of para-hydroxylation sites is 1. The molecule has 2 aromatic carbocycles. The number of thiophene rings is 1. The van der Waals surface area contributed by atoms with Gasteiger partial charge in [0, 0.05) is 36.1 Å². The van der Waals surface area contributed by atoms with Crippen molar-refractivity contribution in [3.63, 3.8) is 0 Å². The van der Waals surface area contributed by atoms with E-state index in [1.54, 1.807) is 53.4 Å². The van der Waals surface area contributed by atoms with Gasteiger partial charge in [-0.2, -0.15) is 5.10 Å². The summed E-state index contributed by atoms with van der Waals surface area (Å²) in [6.45, 7) is 0. The van der Waals surface area contributed by atoms with E-state index in [4.69, 9.17) is 5.10 Å². The molecule has 2 aromatic heterocycles. The molecular formula is C24H20N4O2S. The molecule has 2 heterocycles. The molecule has 0 fully saturated rings. The first kappa shape index (κ1) is 20.3. The lowest BCUT2D eigenvalue weighted by atomic mass is 10.2. The predicted molar refractivity (Wildman–Crippen MR) is 124 cm³/mol. The molecule has 6 nitrogen and oxygen atoms in total. The SMILES string of the molecule is CNC(=O)c1cccc(NC(=O)/C=C/c2cn(-c3ccccc3)nc2-c2cccs2)c1. The number of aromatic nitrogens is 2. The maximum atomic E-state index is 12.5. The number of hydrogen-bond donors (Lipinski definition) is 2. The number of nitrogens with zero attached hydrogens (tertiary/aromatic N) is 2. The molecule has 0 atom stereocenters. The highest BCUT2D eigenvalue weighted by atomic mass is 32.1. The fraction of sp³-hybridized carbons (Fsp3) is 0.0417. The van der Waals surface area contributed by atoms with E-state index in [0.29, 0.717) is 11.3 Å². The molecule has 4 aromatic rings. The van der Waals surface area contributed by atoms with Gasteiger partial charge in [0.1, 0.15) is 5.69 Å². The van der Waals surface area contributed by atoms with Crippen LogP contribution in [-0.4, -0.2) is 28.6 Å². The fourth-order valence-electron chi connectivity index (χ4n) is 3.06. The summed E-state index contributed by atoms with van der Waals surface area (Å²) in [5.41, 5.74) is 3.61. The molecule has 31 heavy (non-hydrogen) atoms. The molecule has 0 unspecified atom stereocenters. The predicted octanol–water partition coefficient (Wildman–Crippen LogP) is 4.61. The number of carbonyl (C=O) groups is 2. The smallest absolute Gasteiger partial charge is 0.251 e. The number of nitrogens with one attached hydrogen (secondary N) is 2. The topological polar surface area (TPSA) is 76.0 Å². The van der Waals surface area contributed by atoms with Crippen LogP contribution in [0.2, 0.25) is 0 Å². The molecule has 0 saturated carbocycles. The summed E-state index contributed by atoms with van der Waals surface area (Å²) in [7, 11) is 1.57. The highest BCUT2D eigenvalue weighted by molar-refractivity contribution is 7.13. The fourth-order valence-corrected chi connectivity index (χ4v) is 3.79. The number of amides is 2.